The second kappa shape index (κ2) is 6.83. The molecule has 3 aliphatic heterocycles. The number of aromatic nitrogens is 5. The van der Waals surface area contributed by atoms with Crippen LogP contribution < -0.4 is 15.2 Å². The van der Waals surface area contributed by atoms with E-state index in [-0.39, 0.29) is 5.56 Å². The summed E-state index contributed by atoms with van der Waals surface area (Å²) in [7, 11) is 1.57. The van der Waals surface area contributed by atoms with Crippen LogP contribution in [0.3, 0.4) is 0 Å². The molecule has 28 heavy (non-hydrogen) atoms. The van der Waals surface area contributed by atoms with Crippen molar-refractivity contribution < 1.29 is 4.74 Å². The van der Waals surface area contributed by atoms with Crippen molar-refractivity contribution in [3.63, 3.8) is 0 Å². The van der Waals surface area contributed by atoms with Crippen LogP contribution in [0.4, 0.5) is 5.95 Å². The molecule has 0 aliphatic carbocycles. The minimum Gasteiger partial charge on any atom is -0.497 e. The molecule has 1 aromatic carbocycles. The predicted molar refractivity (Wildman–Crippen MR) is 104 cm³/mol. The number of methoxy groups -OCH3 is 1. The first-order valence-electron chi connectivity index (χ1n) is 9.48. The summed E-state index contributed by atoms with van der Waals surface area (Å²) in [5.41, 5.74) is 0.737. The second-order valence-corrected chi connectivity index (χ2v) is 7.20. The summed E-state index contributed by atoms with van der Waals surface area (Å²) in [5, 5.41) is 8.66. The predicted octanol–water partition coefficient (Wildman–Crippen LogP) is 0.864. The Labute approximate surface area is 161 Å². The van der Waals surface area contributed by atoms with Crippen LogP contribution in [0, 0.1) is 0 Å². The number of anilines is 1. The molecule has 0 atom stereocenters. The molecule has 2 aromatic heterocycles. The van der Waals surface area contributed by atoms with Crippen molar-refractivity contribution in [3.05, 3.63) is 40.9 Å². The molecule has 9 nitrogen and oxygen atoms in total. The molecule has 3 fully saturated rings. The van der Waals surface area contributed by atoms with Gasteiger partial charge in [0.05, 0.1) is 24.9 Å². The number of benzene rings is 1. The number of ether oxygens (including phenoxy) is 1. The molecule has 3 aromatic rings. The molecule has 2 bridgehead atoms. The van der Waals surface area contributed by atoms with E-state index in [1.807, 2.05) is 0 Å². The molecule has 0 unspecified atom stereocenters. The van der Waals surface area contributed by atoms with Gasteiger partial charge in [0.1, 0.15) is 17.0 Å². The zero-order valence-electron chi connectivity index (χ0n) is 15.7. The molecule has 9 heteroatoms. The van der Waals surface area contributed by atoms with Gasteiger partial charge >= 0.3 is 0 Å². The maximum absolute atomic E-state index is 12.8. The molecule has 0 N–H and O–H groups in total. The van der Waals surface area contributed by atoms with Crippen molar-refractivity contribution in [1.29, 1.82) is 0 Å². The fraction of sp³-hybridized carbons (Fsp3) is 0.421. The summed E-state index contributed by atoms with van der Waals surface area (Å²) in [6.45, 7) is 4.26. The molecule has 6 rings (SSSR count). The van der Waals surface area contributed by atoms with Gasteiger partial charge in [0.2, 0.25) is 5.95 Å². The Morgan fingerprint density at radius 3 is 2.61 bits per heavy atom. The van der Waals surface area contributed by atoms with E-state index < -0.39 is 0 Å². The summed E-state index contributed by atoms with van der Waals surface area (Å²) in [5.74, 6) is 1.35. The number of rotatable bonds is 3. The summed E-state index contributed by atoms with van der Waals surface area (Å²) in [4.78, 5) is 26.7. The van der Waals surface area contributed by atoms with E-state index in [1.165, 1.54) is 4.68 Å². The molecule has 3 aliphatic rings. The minimum atomic E-state index is -0.259. The fourth-order valence-corrected chi connectivity index (χ4v) is 4.04. The monoisotopic (exact) mass is 379 g/mol. The van der Waals surface area contributed by atoms with E-state index in [0.29, 0.717) is 34.3 Å². The van der Waals surface area contributed by atoms with Gasteiger partial charge in [-0.1, -0.05) is 5.21 Å². The maximum atomic E-state index is 12.8. The number of hydrogen-bond acceptors (Lipinski definition) is 8. The Morgan fingerprint density at radius 2 is 1.86 bits per heavy atom. The minimum absolute atomic E-state index is 0.259. The van der Waals surface area contributed by atoms with Crippen molar-refractivity contribution in [2.45, 2.75) is 18.9 Å². The van der Waals surface area contributed by atoms with Gasteiger partial charge in [-0.2, -0.15) is 4.68 Å². The van der Waals surface area contributed by atoms with Crippen LogP contribution in [0.25, 0.3) is 16.6 Å². The van der Waals surface area contributed by atoms with Crippen molar-refractivity contribution in [2.75, 3.05) is 38.2 Å². The molecule has 0 radical (unpaired) electrons. The van der Waals surface area contributed by atoms with Crippen LogP contribution >= 0.6 is 0 Å². The maximum Gasteiger partial charge on any atom is 0.282 e. The summed E-state index contributed by atoms with van der Waals surface area (Å²) in [6, 6.07) is 5.61. The zero-order chi connectivity index (χ0) is 19.1. The van der Waals surface area contributed by atoms with Crippen molar-refractivity contribution in [3.8, 4) is 11.4 Å². The molecular weight excluding hydrogens is 358 g/mol. The van der Waals surface area contributed by atoms with Crippen LogP contribution in [-0.4, -0.2) is 69.2 Å². The molecule has 0 saturated carbocycles. The van der Waals surface area contributed by atoms with E-state index in [1.54, 1.807) is 37.7 Å². The van der Waals surface area contributed by atoms with E-state index in [9.17, 15) is 4.79 Å². The number of fused-ring (bicyclic) bond motifs is 5. The number of hydrogen-bond donors (Lipinski definition) is 0. The van der Waals surface area contributed by atoms with Gasteiger partial charge in [0, 0.05) is 38.3 Å². The lowest BCUT2D eigenvalue weighted by Crippen LogP contribution is -2.38. The average Bonchev–Trinajstić information content (AvgIpc) is 3.08. The fourth-order valence-electron chi connectivity index (χ4n) is 4.04. The average molecular weight is 379 g/mol. The normalized spacial score (nSPS) is 21.7. The molecule has 5 heterocycles. The molecule has 3 saturated heterocycles. The highest BCUT2D eigenvalue weighted by atomic mass is 16.5. The molecule has 0 spiro atoms. The smallest absolute Gasteiger partial charge is 0.282 e. The van der Waals surface area contributed by atoms with Gasteiger partial charge in [-0.3, -0.25) is 4.79 Å². The quantitative estimate of drug-likeness (QED) is 0.662. The van der Waals surface area contributed by atoms with Crippen LogP contribution in [-0.2, 0) is 0 Å². The van der Waals surface area contributed by atoms with Gasteiger partial charge in [0.15, 0.2) is 0 Å². The standard InChI is InChI=1S/C19H21N7O2/c1-28-15-2-3-16-17(10-15)22-23-26(18(16)27)14-11-20-19(21-12-14)25-9-8-24-6-4-13(25)5-7-24/h2-3,10-13H,4-9H2,1H3. The summed E-state index contributed by atoms with van der Waals surface area (Å²) < 4.78 is 6.41. The highest BCUT2D eigenvalue weighted by Gasteiger charge is 2.30. The van der Waals surface area contributed by atoms with E-state index in [4.69, 9.17) is 4.74 Å². The lowest BCUT2D eigenvalue weighted by Gasteiger charge is -2.31. The summed E-state index contributed by atoms with van der Waals surface area (Å²) in [6.07, 6.45) is 5.57. The van der Waals surface area contributed by atoms with E-state index in [2.05, 4.69) is 30.1 Å². The SMILES string of the molecule is COc1ccc2c(=O)n(-c3cnc(N4CCN5CCC4CC5)nc3)nnc2c1. The first kappa shape index (κ1) is 17.1. The second-order valence-electron chi connectivity index (χ2n) is 7.20. The van der Waals surface area contributed by atoms with Gasteiger partial charge < -0.3 is 14.5 Å². The first-order chi connectivity index (χ1) is 13.7. The molecular formula is C19H21N7O2. The Morgan fingerprint density at radius 1 is 1.07 bits per heavy atom. The zero-order valence-corrected chi connectivity index (χ0v) is 15.7. The van der Waals surface area contributed by atoms with Crippen LogP contribution in [0.1, 0.15) is 12.8 Å². The van der Waals surface area contributed by atoms with E-state index >= 15 is 0 Å². The van der Waals surface area contributed by atoms with Crippen molar-refractivity contribution in [2.24, 2.45) is 0 Å². The summed E-state index contributed by atoms with van der Waals surface area (Å²) >= 11 is 0. The largest absolute Gasteiger partial charge is 0.497 e. The van der Waals surface area contributed by atoms with Crippen LogP contribution in [0.5, 0.6) is 5.75 Å². The van der Waals surface area contributed by atoms with Crippen LogP contribution in [0.2, 0.25) is 0 Å². The third-order valence-electron chi connectivity index (χ3n) is 5.65. The lowest BCUT2D eigenvalue weighted by atomic mass is 10.1. The van der Waals surface area contributed by atoms with Crippen LogP contribution in [0.15, 0.2) is 35.4 Å². The third-order valence-corrected chi connectivity index (χ3v) is 5.65. The Hall–Kier alpha value is -3.07. The van der Waals surface area contributed by atoms with Gasteiger partial charge in [0.25, 0.3) is 5.56 Å². The Bertz CT molecular complexity index is 1060. The molecule has 144 valence electrons. The topological polar surface area (TPSA) is 89.3 Å². The number of nitrogens with zero attached hydrogens (tertiary/aromatic N) is 7. The Balaban J connectivity index is 1.47. The van der Waals surface area contributed by atoms with Crippen molar-refractivity contribution >= 4 is 16.9 Å². The van der Waals surface area contributed by atoms with Gasteiger partial charge in [-0.15, -0.1) is 5.10 Å². The highest BCUT2D eigenvalue weighted by Crippen LogP contribution is 2.24. The highest BCUT2D eigenvalue weighted by molar-refractivity contribution is 5.78. The number of piperidine rings is 1. The lowest BCUT2D eigenvalue weighted by molar-refractivity contribution is 0.250. The first-order valence-corrected chi connectivity index (χ1v) is 9.48. The van der Waals surface area contributed by atoms with E-state index in [0.717, 1.165) is 39.0 Å². The third kappa shape index (κ3) is 2.88. The Kier molecular flexibility index (Phi) is 4.16. The van der Waals surface area contributed by atoms with Gasteiger partial charge in [-0.05, 0) is 25.0 Å². The molecule has 0 amide bonds. The van der Waals surface area contributed by atoms with Crippen molar-refractivity contribution in [1.82, 2.24) is 29.9 Å². The van der Waals surface area contributed by atoms with Gasteiger partial charge in [-0.25, -0.2) is 9.97 Å².